The Labute approximate surface area is 193 Å². The number of hydrogen-bond donors (Lipinski definition) is 1. The first kappa shape index (κ1) is 22.6. The Morgan fingerprint density at radius 3 is 2.57 bits per heavy atom. The van der Waals surface area contributed by atoms with Crippen molar-refractivity contribution in [2.75, 3.05) is 19.0 Å². The van der Waals surface area contributed by atoms with Gasteiger partial charge in [0.1, 0.15) is 0 Å². The van der Waals surface area contributed by atoms with E-state index in [9.17, 15) is 0 Å². The lowest BCUT2D eigenvalue weighted by atomic mass is 9.60. The number of nitrogens with zero attached hydrogens (tertiary/aromatic N) is 1. The lowest BCUT2D eigenvalue weighted by Crippen LogP contribution is -2.57. The van der Waals surface area contributed by atoms with Crippen LogP contribution in [0.2, 0.25) is 0 Å². The van der Waals surface area contributed by atoms with Gasteiger partial charge in [0, 0.05) is 30.4 Å². The molecule has 2 nitrogen and oxygen atoms in total. The summed E-state index contributed by atoms with van der Waals surface area (Å²) in [5.74, 6) is 2.07. The van der Waals surface area contributed by atoms with Gasteiger partial charge in [0.15, 0.2) is 0 Å². The standard InChI is InChI=1S/C26H39ClN2S/c1-4-20-16-25(21-8-6-5-7-9-21)14-19(10-12-27)15-26(20,17-25)23(30)29-13-11-22(28)24(2,3)18-29/h5-9,19-20,22H,4,10-18,28H2,1-3H3/t19?,20?,22-,25?,26?/m0/s1. The van der Waals surface area contributed by atoms with E-state index < -0.39 is 0 Å². The van der Waals surface area contributed by atoms with Crippen LogP contribution < -0.4 is 5.73 Å². The Balaban J connectivity index is 1.71. The number of thiocarbonyl (C=S) groups is 1. The summed E-state index contributed by atoms with van der Waals surface area (Å²) in [6, 6.07) is 11.5. The fourth-order valence-corrected chi connectivity index (χ4v) is 8.03. The molecule has 0 aromatic heterocycles. The van der Waals surface area contributed by atoms with Gasteiger partial charge in [0.25, 0.3) is 0 Å². The molecule has 0 amide bonds. The highest BCUT2D eigenvalue weighted by molar-refractivity contribution is 7.80. The molecule has 2 aliphatic carbocycles. The van der Waals surface area contributed by atoms with Crippen LogP contribution in [0.25, 0.3) is 0 Å². The molecule has 3 aliphatic rings. The zero-order valence-electron chi connectivity index (χ0n) is 19.0. The molecule has 166 valence electrons. The van der Waals surface area contributed by atoms with Gasteiger partial charge < -0.3 is 10.6 Å². The van der Waals surface area contributed by atoms with Crippen molar-refractivity contribution in [2.24, 2.45) is 28.4 Å². The van der Waals surface area contributed by atoms with E-state index in [4.69, 9.17) is 29.6 Å². The maximum absolute atomic E-state index is 6.45. The van der Waals surface area contributed by atoms with Crippen LogP contribution >= 0.6 is 23.8 Å². The van der Waals surface area contributed by atoms with Gasteiger partial charge in [0.05, 0.1) is 4.99 Å². The largest absolute Gasteiger partial charge is 0.365 e. The third-order valence-electron chi connectivity index (χ3n) is 8.83. The molecule has 1 aliphatic heterocycles. The molecule has 30 heavy (non-hydrogen) atoms. The second-order valence-corrected chi connectivity index (χ2v) is 11.9. The summed E-state index contributed by atoms with van der Waals surface area (Å²) in [4.78, 5) is 3.79. The Morgan fingerprint density at radius 1 is 1.20 bits per heavy atom. The van der Waals surface area contributed by atoms with E-state index in [0.717, 1.165) is 31.8 Å². The first-order chi connectivity index (χ1) is 14.3. The van der Waals surface area contributed by atoms with Gasteiger partial charge in [-0.1, -0.05) is 69.7 Å². The maximum atomic E-state index is 6.45. The van der Waals surface area contributed by atoms with Crippen molar-refractivity contribution in [1.29, 1.82) is 0 Å². The summed E-state index contributed by atoms with van der Waals surface area (Å²) in [6.07, 6.45) is 8.31. The molecule has 0 radical (unpaired) electrons. The number of halogens is 1. The van der Waals surface area contributed by atoms with Gasteiger partial charge >= 0.3 is 0 Å². The molecule has 2 saturated carbocycles. The van der Waals surface area contributed by atoms with Crippen molar-refractivity contribution in [1.82, 2.24) is 4.90 Å². The summed E-state index contributed by atoms with van der Waals surface area (Å²) in [7, 11) is 0. The Kier molecular flexibility index (Phi) is 6.29. The molecular formula is C26H39ClN2S. The quantitative estimate of drug-likeness (QED) is 0.434. The van der Waals surface area contributed by atoms with E-state index in [2.05, 4.69) is 56.0 Å². The van der Waals surface area contributed by atoms with Crippen molar-refractivity contribution in [3.05, 3.63) is 35.9 Å². The molecule has 1 aromatic rings. The summed E-state index contributed by atoms with van der Waals surface area (Å²) < 4.78 is 0. The molecule has 2 N–H and O–H groups in total. The zero-order valence-corrected chi connectivity index (χ0v) is 20.6. The highest BCUT2D eigenvalue weighted by Gasteiger charge is 2.61. The summed E-state index contributed by atoms with van der Waals surface area (Å²) in [6.45, 7) is 8.99. The van der Waals surface area contributed by atoms with Crippen LogP contribution in [0.3, 0.4) is 0 Å². The first-order valence-corrected chi connectivity index (χ1v) is 12.9. The fourth-order valence-electron chi connectivity index (χ4n) is 7.24. The molecule has 5 atom stereocenters. The topological polar surface area (TPSA) is 29.3 Å². The number of benzene rings is 1. The van der Waals surface area contributed by atoms with Crippen LogP contribution in [0.5, 0.6) is 0 Å². The fraction of sp³-hybridized carbons (Fsp3) is 0.731. The minimum atomic E-state index is 0.111. The highest BCUT2D eigenvalue weighted by Crippen LogP contribution is 2.65. The van der Waals surface area contributed by atoms with Crippen LogP contribution in [-0.2, 0) is 5.41 Å². The van der Waals surface area contributed by atoms with Crippen molar-refractivity contribution in [3.8, 4) is 0 Å². The van der Waals surface area contributed by atoms with Crippen LogP contribution in [0, 0.1) is 22.7 Å². The molecule has 0 spiro atoms. The van der Waals surface area contributed by atoms with Crippen molar-refractivity contribution in [2.45, 2.75) is 77.2 Å². The predicted octanol–water partition coefficient (Wildman–Crippen LogP) is 6.16. The summed E-state index contributed by atoms with van der Waals surface area (Å²) >= 11 is 12.7. The molecule has 2 bridgehead atoms. The molecule has 4 heteroatoms. The van der Waals surface area contributed by atoms with E-state index in [-0.39, 0.29) is 22.3 Å². The number of nitrogens with two attached hydrogens (primary N) is 1. The van der Waals surface area contributed by atoms with Crippen molar-refractivity contribution < 1.29 is 0 Å². The van der Waals surface area contributed by atoms with Gasteiger partial charge in [-0.05, 0) is 66.8 Å². The minimum Gasteiger partial charge on any atom is -0.365 e. The van der Waals surface area contributed by atoms with Gasteiger partial charge in [-0.25, -0.2) is 0 Å². The lowest BCUT2D eigenvalue weighted by molar-refractivity contribution is 0.113. The van der Waals surface area contributed by atoms with Crippen LogP contribution in [0.15, 0.2) is 30.3 Å². The average Bonchev–Trinajstić information content (AvgIpc) is 2.98. The SMILES string of the molecule is CCC1CC2(c3ccccc3)CC(CCCl)CC1(C(=S)N1CC[C@H](N)C(C)(C)C1)C2. The van der Waals surface area contributed by atoms with E-state index in [0.29, 0.717) is 11.8 Å². The van der Waals surface area contributed by atoms with Crippen LogP contribution in [0.1, 0.15) is 71.3 Å². The molecule has 3 fully saturated rings. The highest BCUT2D eigenvalue weighted by atomic mass is 35.5. The lowest BCUT2D eigenvalue weighted by Gasteiger charge is -2.51. The number of alkyl halides is 1. The summed E-state index contributed by atoms with van der Waals surface area (Å²) in [5.41, 5.74) is 8.47. The smallest absolute Gasteiger partial charge is 0.0845 e. The zero-order chi connectivity index (χ0) is 21.6. The van der Waals surface area contributed by atoms with Gasteiger partial charge in [-0.15, -0.1) is 11.6 Å². The Bertz CT molecular complexity index is 766. The number of piperidine rings is 1. The van der Waals surface area contributed by atoms with Gasteiger partial charge in [0.2, 0.25) is 0 Å². The number of rotatable bonds is 5. The van der Waals surface area contributed by atoms with Gasteiger partial charge in [-0.3, -0.25) is 0 Å². The Morgan fingerprint density at radius 2 is 1.93 bits per heavy atom. The maximum Gasteiger partial charge on any atom is 0.0845 e. The van der Waals surface area contributed by atoms with E-state index in [1.54, 1.807) is 0 Å². The second kappa shape index (κ2) is 8.37. The van der Waals surface area contributed by atoms with Crippen LogP contribution in [-0.4, -0.2) is 34.9 Å². The summed E-state index contributed by atoms with van der Waals surface area (Å²) in [5, 5.41) is 0. The van der Waals surface area contributed by atoms with E-state index in [1.165, 1.54) is 42.7 Å². The minimum absolute atomic E-state index is 0.111. The number of hydrogen-bond acceptors (Lipinski definition) is 2. The van der Waals surface area contributed by atoms with Gasteiger partial charge in [-0.2, -0.15) is 0 Å². The van der Waals surface area contributed by atoms with Crippen LogP contribution in [0.4, 0.5) is 0 Å². The molecular weight excluding hydrogens is 408 g/mol. The first-order valence-electron chi connectivity index (χ1n) is 11.9. The number of fused-ring (bicyclic) bond motifs is 2. The molecule has 1 aromatic carbocycles. The van der Waals surface area contributed by atoms with E-state index >= 15 is 0 Å². The normalized spacial score (nSPS) is 37.9. The predicted molar refractivity (Wildman–Crippen MR) is 132 cm³/mol. The molecule has 4 unspecified atom stereocenters. The Hall–Kier alpha value is -0.640. The monoisotopic (exact) mass is 446 g/mol. The average molecular weight is 447 g/mol. The number of likely N-dealkylation sites (tertiary alicyclic amines) is 1. The van der Waals surface area contributed by atoms with Crippen molar-refractivity contribution in [3.63, 3.8) is 0 Å². The van der Waals surface area contributed by atoms with Crippen molar-refractivity contribution >= 4 is 28.8 Å². The molecule has 4 rings (SSSR count). The second-order valence-electron chi connectivity index (χ2n) is 11.2. The third-order valence-corrected chi connectivity index (χ3v) is 9.71. The molecule has 1 heterocycles. The van der Waals surface area contributed by atoms with E-state index in [1.807, 2.05) is 0 Å². The molecule has 1 saturated heterocycles. The third kappa shape index (κ3) is 3.73.